The molecule has 0 aliphatic rings. The van der Waals surface area contributed by atoms with E-state index in [9.17, 15) is 19.5 Å². The number of para-hydroxylation sites is 1. The molecule has 8 nitrogen and oxygen atoms in total. The van der Waals surface area contributed by atoms with E-state index in [0.29, 0.717) is 6.42 Å². The minimum absolute atomic E-state index is 0.00467. The number of carboxylic acids is 1. The molecule has 0 bridgehead atoms. The second kappa shape index (κ2) is 12.0. The summed E-state index contributed by atoms with van der Waals surface area (Å²) in [6.45, 7) is 0. The third-order valence-electron chi connectivity index (χ3n) is 6.26. The van der Waals surface area contributed by atoms with E-state index < -0.39 is 35.9 Å². The summed E-state index contributed by atoms with van der Waals surface area (Å²) < 4.78 is 0. The Bertz CT molecular complexity index is 1350. The van der Waals surface area contributed by atoms with Gasteiger partial charge in [-0.25, -0.2) is 0 Å². The van der Waals surface area contributed by atoms with Crippen molar-refractivity contribution in [3.05, 3.63) is 108 Å². The topological polar surface area (TPSA) is 137 Å². The van der Waals surface area contributed by atoms with Gasteiger partial charge in [0.25, 0.3) is 0 Å². The monoisotopic (exact) mass is 498 g/mol. The fraction of sp³-hybridized carbons (Fsp3) is 0.207. The van der Waals surface area contributed by atoms with E-state index in [1.807, 2.05) is 84.9 Å². The Hall–Kier alpha value is -4.43. The predicted octanol–water partition coefficient (Wildman–Crippen LogP) is 2.78. The fourth-order valence-corrected chi connectivity index (χ4v) is 4.31. The molecule has 0 fully saturated rings. The molecule has 0 spiro atoms. The van der Waals surface area contributed by atoms with E-state index in [1.54, 1.807) is 6.20 Å². The van der Waals surface area contributed by atoms with Gasteiger partial charge in [0.15, 0.2) is 0 Å². The Balaban J connectivity index is 1.49. The first-order valence-electron chi connectivity index (χ1n) is 12.1. The van der Waals surface area contributed by atoms with Gasteiger partial charge in [-0.1, -0.05) is 78.9 Å². The molecule has 0 radical (unpaired) electrons. The van der Waals surface area contributed by atoms with Crippen LogP contribution in [-0.2, 0) is 33.6 Å². The van der Waals surface area contributed by atoms with Gasteiger partial charge in [-0.3, -0.25) is 14.4 Å². The van der Waals surface area contributed by atoms with Gasteiger partial charge >= 0.3 is 5.97 Å². The highest BCUT2D eigenvalue weighted by Gasteiger charge is 2.30. The second-order valence-corrected chi connectivity index (χ2v) is 9.01. The van der Waals surface area contributed by atoms with Crippen molar-refractivity contribution in [1.82, 2.24) is 15.6 Å². The highest BCUT2D eigenvalue weighted by atomic mass is 16.4. The van der Waals surface area contributed by atoms with E-state index in [-0.39, 0.29) is 12.8 Å². The normalized spacial score (nSPS) is 13.4. The van der Waals surface area contributed by atoms with Gasteiger partial charge in [-0.05, 0) is 35.6 Å². The van der Waals surface area contributed by atoms with Crippen molar-refractivity contribution < 1.29 is 19.5 Å². The average Bonchev–Trinajstić information content (AvgIpc) is 3.31. The number of rotatable bonds is 11. The lowest BCUT2D eigenvalue weighted by Gasteiger charge is -2.24. The molecule has 0 saturated heterocycles. The van der Waals surface area contributed by atoms with E-state index >= 15 is 0 Å². The molecular weight excluding hydrogens is 468 g/mol. The molecule has 2 amide bonds. The zero-order valence-corrected chi connectivity index (χ0v) is 20.3. The van der Waals surface area contributed by atoms with Gasteiger partial charge in [0, 0.05) is 23.5 Å². The number of fused-ring (bicyclic) bond motifs is 1. The van der Waals surface area contributed by atoms with Crippen molar-refractivity contribution in [1.29, 1.82) is 0 Å². The van der Waals surface area contributed by atoms with E-state index in [0.717, 1.165) is 27.6 Å². The first-order valence-corrected chi connectivity index (χ1v) is 12.1. The van der Waals surface area contributed by atoms with Crippen LogP contribution < -0.4 is 16.4 Å². The standard InChI is InChI=1S/C29H30N4O4/c30-24(15-19-9-3-1-4-10-19)28(35)33-26(16-20-11-5-2-6-12-20)32-27(34)23(29(36)37)17-21-18-31-25-14-8-7-13-22(21)25/h1-14,18,23-24,26,31H,15-17,30H2,(H,32,34)(H,33,35)(H,36,37)/t23?,24-,26?/m0/s1. The Labute approximate surface area is 214 Å². The minimum atomic E-state index is -1.34. The van der Waals surface area contributed by atoms with Crippen LogP contribution in [0.15, 0.2) is 91.1 Å². The molecule has 3 aromatic carbocycles. The molecule has 2 unspecified atom stereocenters. The van der Waals surface area contributed by atoms with Crippen molar-refractivity contribution in [3.63, 3.8) is 0 Å². The van der Waals surface area contributed by atoms with Gasteiger partial charge in [0.1, 0.15) is 12.1 Å². The van der Waals surface area contributed by atoms with E-state index in [1.165, 1.54) is 0 Å². The first kappa shape index (κ1) is 25.7. The number of carboxylic acid groups (broad SMARTS) is 1. The Kier molecular flexibility index (Phi) is 8.33. The third-order valence-corrected chi connectivity index (χ3v) is 6.26. The number of benzene rings is 3. The minimum Gasteiger partial charge on any atom is -0.481 e. The lowest BCUT2D eigenvalue weighted by atomic mass is 9.97. The molecule has 4 rings (SSSR count). The van der Waals surface area contributed by atoms with Gasteiger partial charge in [-0.15, -0.1) is 0 Å². The molecule has 0 aliphatic carbocycles. The summed E-state index contributed by atoms with van der Waals surface area (Å²) >= 11 is 0. The number of hydrogen-bond donors (Lipinski definition) is 5. The Morgan fingerprint density at radius 3 is 1.97 bits per heavy atom. The van der Waals surface area contributed by atoms with Crippen molar-refractivity contribution in [3.8, 4) is 0 Å². The molecule has 0 saturated carbocycles. The smallest absolute Gasteiger partial charge is 0.316 e. The summed E-state index contributed by atoms with van der Waals surface area (Å²) in [5, 5.41) is 16.3. The quantitative estimate of drug-likeness (QED) is 0.160. The van der Waals surface area contributed by atoms with E-state index in [4.69, 9.17) is 5.73 Å². The number of hydrogen-bond acceptors (Lipinski definition) is 4. The van der Waals surface area contributed by atoms with Gasteiger partial charge in [0.2, 0.25) is 11.8 Å². The number of nitrogens with two attached hydrogens (primary N) is 1. The number of nitrogens with one attached hydrogen (secondary N) is 3. The molecular formula is C29H30N4O4. The summed E-state index contributed by atoms with van der Waals surface area (Å²) in [5.74, 6) is -3.70. The van der Waals surface area contributed by atoms with Gasteiger partial charge in [-0.2, -0.15) is 0 Å². The lowest BCUT2D eigenvalue weighted by Crippen LogP contribution is -2.55. The summed E-state index contributed by atoms with van der Waals surface area (Å²) in [4.78, 5) is 41.3. The SMILES string of the molecule is N[C@@H](Cc1ccccc1)C(=O)NC(Cc1ccccc1)NC(=O)C(Cc1c[nH]c2ccccc12)C(=O)O. The number of carbonyl (C=O) groups is 3. The number of aromatic amines is 1. The number of amides is 2. The molecule has 1 aromatic heterocycles. The van der Waals surface area contributed by atoms with Gasteiger partial charge in [0.05, 0.1) is 6.04 Å². The average molecular weight is 499 g/mol. The Morgan fingerprint density at radius 1 is 0.757 bits per heavy atom. The van der Waals surface area contributed by atoms with Crippen LogP contribution in [0.25, 0.3) is 10.9 Å². The van der Waals surface area contributed by atoms with Crippen LogP contribution in [-0.4, -0.2) is 40.1 Å². The summed E-state index contributed by atoms with van der Waals surface area (Å²) in [6, 6.07) is 25.4. The number of aliphatic carboxylic acids is 1. The summed E-state index contributed by atoms with van der Waals surface area (Å²) in [5.41, 5.74) is 9.53. The maximum absolute atomic E-state index is 13.2. The molecule has 4 aromatic rings. The first-order chi connectivity index (χ1) is 17.9. The molecule has 190 valence electrons. The molecule has 37 heavy (non-hydrogen) atoms. The van der Waals surface area contributed by atoms with Crippen molar-refractivity contribution in [2.45, 2.75) is 31.5 Å². The number of carbonyl (C=O) groups excluding carboxylic acids is 2. The molecule has 1 heterocycles. The third kappa shape index (κ3) is 6.83. The van der Waals surface area contributed by atoms with Crippen LogP contribution in [0.5, 0.6) is 0 Å². The highest BCUT2D eigenvalue weighted by molar-refractivity contribution is 5.98. The van der Waals surface area contributed by atoms with Crippen molar-refractivity contribution >= 4 is 28.7 Å². The highest BCUT2D eigenvalue weighted by Crippen LogP contribution is 2.21. The van der Waals surface area contributed by atoms with Crippen LogP contribution in [0.1, 0.15) is 16.7 Å². The second-order valence-electron chi connectivity index (χ2n) is 9.01. The summed E-state index contributed by atoms with van der Waals surface area (Å²) in [6.07, 6.45) is 1.49. The lowest BCUT2D eigenvalue weighted by molar-refractivity contribution is -0.147. The van der Waals surface area contributed by atoms with Crippen LogP contribution in [0, 0.1) is 5.92 Å². The Morgan fingerprint density at radius 2 is 1.32 bits per heavy atom. The largest absolute Gasteiger partial charge is 0.481 e. The number of aromatic nitrogens is 1. The van der Waals surface area contributed by atoms with Crippen LogP contribution >= 0.6 is 0 Å². The van der Waals surface area contributed by atoms with Crippen molar-refractivity contribution in [2.75, 3.05) is 0 Å². The fourth-order valence-electron chi connectivity index (χ4n) is 4.31. The van der Waals surface area contributed by atoms with Gasteiger partial charge < -0.3 is 26.5 Å². The van der Waals surface area contributed by atoms with Crippen LogP contribution in [0.3, 0.4) is 0 Å². The zero-order valence-electron chi connectivity index (χ0n) is 20.3. The molecule has 6 N–H and O–H groups in total. The van der Waals surface area contributed by atoms with Crippen molar-refractivity contribution in [2.24, 2.45) is 11.7 Å². The maximum atomic E-state index is 13.2. The van der Waals surface area contributed by atoms with Crippen LogP contribution in [0.4, 0.5) is 0 Å². The zero-order chi connectivity index (χ0) is 26.2. The number of H-pyrrole nitrogens is 1. The van der Waals surface area contributed by atoms with E-state index in [2.05, 4.69) is 15.6 Å². The molecule has 8 heteroatoms. The molecule has 0 aliphatic heterocycles. The summed E-state index contributed by atoms with van der Waals surface area (Å²) in [7, 11) is 0. The maximum Gasteiger partial charge on any atom is 0.316 e. The van der Waals surface area contributed by atoms with Crippen LogP contribution in [0.2, 0.25) is 0 Å². The molecule has 3 atom stereocenters. The predicted molar refractivity (Wildman–Crippen MR) is 141 cm³/mol.